The van der Waals surface area contributed by atoms with Crippen LogP contribution in [0.1, 0.15) is 54.2 Å². The maximum absolute atomic E-state index is 13.6. The highest BCUT2D eigenvalue weighted by Crippen LogP contribution is 2.29. The van der Waals surface area contributed by atoms with Gasteiger partial charge in [0.25, 0.3) is 5.91 Å². The zero-order valence-electron chi connectivity index (χ0n) is 27.1. The summed E-state index contributed by atoms with van der Waals surface area (Å²) < 4.78 is 5.37. The van der Waals surface area contributed by atoms with Crippen LogP contribution in [0.25, 0.3) is 11.3 Å². The number of rotatable bonds is 5. The smallest absolute Gasteiger partial charge is 0.408 e. The van der Waals surface area contributed by atoms with Crippen molar-refractivity contribution in [3.63, 3.8) is 0 Å². The molecule has 14 heteroatoms. The lowest BCUT2D eigenvalue weighted by Gasteiger charge is -2.25. The molecule has 2 heterocycles. The van der Waals surface area contributed by atoms with Crippen molar-refractivity contribution in [3.05, 3.63) is 64.7 Å². The fourth-order valence-electron chi connectivity index (χ4n) is 4.97. The number of nitrogens with two attached hydrogens (primary N) is 1. The lowest BCUT2D eigenvalue weighted by molar-refractivity contribution is -0.130. The average molecular weight is 664 g/mol. The van der Waals surface area contributed by atoms with E-state index in [2.05, 4.69) is 31.2 Å². The fraction of sp³-hybridized carbons (Fsp3) is 0.394. The molecule has 1 unspecified atom stereocenters. The van der Waals surface area contributed by atoms with E-state index in [1.165, 1.54) is 23.9 Å². The van der Waals surface area contributed by atoms with E-state index in [9.17, 15) is 24.3 Å². The average Bonchev–Trinajstić information content (AvgIpc) is 2.97. The SMILES string of the molecule is Cc1cc(C)c2cc1C(=O)NCC[C@@H](NC(=O)C(Cc1ccc(O)cc1)NC(=O)OC(C)(C)C)C(=O)NCCSc1cc-2nc(N)n1. The zero-order chi connectivity index (χ0) is 34.3. The predicted molar refractivity (Wildman–Crippen MR) is 179 cm³/mol. The van der Waals surface area contributed by atoms with Gasteiger partial charge in [-0.3, -0.25) is 14.4 Å². The highest BCUT2D eigenvalue weighted by molar-refractivity contribution is 7.99. The van der Waals surface area contributed by atoms with Gasteiger partial charge in [0, 0.05) is 36.4 Å². The minimum absolute atomic E-state index is 0.0541. The van der Waals surface area contributed by atoms with E-state index in [0.29, 0.717) is 27.6 Å². The molecule has 47 heavy (non-hydrogen) atoms. The Labute approximate surface area is 277 Å². The Morgan fingerprint density at radius 3 is 2.45 bits per heavy atom. The van der Waals surface area contributed by atoms with Crippen molar-refractivity contribution < 1.29 is 29.0 Å². The standard InChI is InChI=1S/C33H41N7O6S/c1-18-14-19(2)23-16-22(18)25-17-27(40-31(34)38-25)47-13-12-36-29(43)24(10-11-35-28(23)42)37-30(44)26(39-32(45)46-33(3,4)5)15-20-6-8-21(41)9-7-20/h6-9,14,16-17,24,26,41H,10-13,15H2,1-5H3,(H,35,42)(H,36,43)(H,37,44)(H,39,45)(H2,34,38,40)/t24-,26?/m1/s1. The van der Waals surface area contributed by atoms with E-state index in [-0.39, 0.29) is 43.5 Å². The Balaban J connectivity index is 1.57. The number of carbonyl (C=O) groups is 4. The van der Waals surface area contributed by atoms with E-state index in [1.54, 1.807) is 45.0 Å². The number of alkyl carbamates (subject to hydrolysis) is 1. The van der Waals surface area contributed by atoms with Gasteiger partial charge in [-0.1, -0.05) is 18.2 Å². The van der Waals surface area contributed by atoms with Gasteiger partial charge in [-0.05, 0) is 82.0 Å². The minimum Gasteiger partial charge on any atom is -0.508 e. The lowest BCUT2D eigenvalue weighted by Crippen LogP contribution is -2.55. The van der Waals surface area contributed by atoms with Crippen molar-refractivity contribution >= 4 is 41.5 Å². The van der Waals surface area contributed by atoms with Crippen molar-refractivity contribution in [3.8, 4) is 17.0 Å². The van der Waals surface area contributed by atoms with Crippen LogP contribution in [0.15, 0.2) is 47.5 Å². The Morgan fingerprint density at radius 1 is 1.04 bits per heavy atom. The first-order chi connectivity index (χ1) is 22.2. The molecular weight excluding hydrogens is 622 g/mol. The number of ether oxygens (including phenoxy) is 1. The number of aromatic nitrogens is 2. The van der Waals surface area contributed by atoms with Gasteiger partial charge in [-0.25, -0.2) is 14.8 Å². The first kappa shape index (κ1) is 35.0. The number of fused-ring (bicyclic) bond motifs is 5. The van der Waals surface area contributed by atoms with Crippen molar-refractivity contribution in [2.75, 3.05) is 24.6 Å². The number of nitrogens with one attached hydrogen (secondary N) is 4. The van der Waals surface area contributed by atoms with Gasteiger partial charge in [0.1, 0.15) is 28.5 Å². The molecule has 0 saturated heterocycles. The molecule has 4 amide bonds. The van der Waals surface area contributed by atoms with Crippen LogP contribution in [0, 0.1) is 13.8 Å². The number of thioether (sulfide) groups is 1. The fourth-order valence-corrected chi connectivity index (χ4v) is 5.74. The molecular formula is C33H41N7O6S. The maximum Gasteiger partial charge on any atom is 0.408 e. The van der Waals surface area contributed by atoms with Gasteiger partial charge in [0.05, 0.1) is 5.69 Å². The summed E-state index contributed by atoms with van der Waals surface area (Å²) in [4.78, 5) is 61.8. The molecule has 13 nitrogen and oxygen atoms in total. The number of amides is 4. The van der Waals surface area contributed by atoms with Gasteiger partial charge >= 0.3 is 6.09 Å². The summed E-state index contributed by atoms with van der Waals surface area (Å²) in [5.41, 5.74) is 9.33. The second-order valence-corrected chi connectivity index (χ2v) is 13.4. The van der Waals surface area contributed by atoms with Crippen LogP contribution in [0.2, 0.25) is 0 Å². The Morgan fingerprint density at radius 2 is 1.74 bits per heavy atom. The van der Waals surface area contributed by atoms with Crippen LogP contribution in [0.5, 0.6) is 5.75 Å². The number of aromatic hydroxyl groups is 1. The molecule has 4 bridgehead atoms. The van der Waals surface area contributed by atoms with Crippen LogP contribution >= 0.6 is 11.8 Å². The number of hydrogen-bond donors (Lipinski definition) is 6. The van der Waals surface area contributed by atoms with Crippen molar-refractivity contribution in [2.24, 2.45) is 0 Å². The normalized spacial score (nSPS) is 16.3. The number of aryl methyl sites for hydroxylation is 2. The second kappa shape index (κ2) is 15.2. The molecule has 0 radical (unpaired) electrons. The summed E-state index contributed by atoms with van der Waals surface area (Å²) in [7, 11) is 0. The molecule has 2 atom stereocenters. The van der Waals surface area contributed by atoms with E-state index in [4.69, 9.17) is 10.5 Å². The highest BCUT2D eigenvalue weighted by atomic mass is 32.2. The molecule has 0 fully saturated rings. The van der Waals surface area contributed by atoms with E-state index < -0.39 is 35.6 Å². The van der Waals surface area contributed by atoms with Gasteiger partial charge in [0.2, 0.25) is 17.8 Å². The number of hydrogen-bond acceptors (Lipinski definition) is 10. The van der Waals surface area contributed by atoms with Crippen LogP contribution in [0.4, 0.5) is 10.7 Å². The second-order valence-electron chi connectivity index (χ2n) is 12.2. The van der Waals surface area contributed by atoms with E-state index in [0.717, 1.165) is 16.7 Å². The third-order valence-electron chi connectivity index (χ3n) is 7.20. The number of phenolic OH excluding ortho intramolecular Hbond substituents is 1. The van der Waals surface area contributed by atoms with Crippen molar-refractivity contribution in [1.82, 2.24) is 31.2 Å². The summed E-state index contributed by atoms with van der Waals surface area (Å²) in [5, 5.41) is 21.4. The molecule has 1 aliphatic heterocycles. The monoisotopic (exact) mass is 663 g/mol. The topological polar surface area (TPSA) is 198 Å². The molecule has 3 aromatic rings. The number of carbonyl (C=O) groups excluding carboxylic acids is 4. The molecule has 1 aromatic heterocycles. The van der Waals surface area contributed by atoms with Crippen molar-refractivity contribution in [2.45, 2.75) is 70.2 Å². The molecule has 250 valence electrons. The molecule has 0 spiro atoms. The van der Waals surface area contributed by atoms with Crippen LogP contribution < -0.4 is 27.0 Å². The quantitative estimate of drug-likeness (QED) is 0.221. The summed E-state index contributed by atoms with van der Waals surface area (Å²) in [6.07, 6.45) is -0.665. The summed E-state index contributed by atoms with van der Waals surface area (Å²) in [5.74, 6) is -0.834. The van der Waals surface area contributed by atoms with Gasteiger partial charge in [-0.15, -0.1) is 11.8 Å². The van der Waals surface area contributed by atoms with Gasteiger partial charge in [-0.2, -0.15) is 0 Å². The van der Waals surface area contributed by atoms with Crippen molar-refractivity contribution in [1.29, 1.82) is 0 Å². The summed E-state index contributed by atoms with van der Waals surface area (Å²) in [6, 6.07) is 9.52. The molecule has 7 N–H and O–H groups in total. The summed E-state index contributed by atoms with van der Waals surface area (Å²) in [6.45, 7) is 9.20. The van der Waals surface area contributed by atoms with Crippen LogP contribution in [-0.4, -0.2) is 75.4 Å². The summed E-state index contributed by atoms with van der Waals surface area (Å²) >= 11 is 1.38. The van der Waals surface area contributed by atoms with E-state index >= 15 is 0 Å². The van der Waals surface area contributed by atoms with E-state index in [1.807, 2.05) is 19.9 Å². The molecule has 1 aliphatic rings. The number of benzene rings is 2. The maximum atomic E-state index is 13.6. The van der Waals surface area contributed by atoms with Gasteiger partial charge < -0.3 is 36.8 Å². The van der Waals surface area contributed by atoms with Crippen LogP contribution in [-0.2, 0) is 20.7 Å². The lowest BCUT2D eigenvalue weighted by atomic mass is 9.97. The first-order valence-electron chi connectivity index (χ1n) is 15.2. The molecule has 4 rings (SSSR count). The van der Waals surface area contributed by atoms with Crippen LogP contribution in [0.3, 0.4) is 0 Å². The minimum atomic E-state index is -1.11. The Kier molecular flexibility index (Phi) is 11.3. The van der Waals surface area contributed by atoms with Gasteiger partial charge in [0.15, 0.2) is 0 Å². The predicted octanol–water partition coefficient (Wildman–Crippen LogP) is 3.01. The number of nitrogen functional groups attached to an aromatic ring is 1. The largest absolute Gasteiger partial charge is 0.508 e. The number of phenols is 1. The Bertz CT molecular complexity index is 1640. The number of nitrogens with zero attached hydrogens (tertiary/aromatic N) is 2. The Hall–Kier alpha value is -4.85. The molecule has 2 aromatic carbocycles. The highest BCUT2D eigenvalue weighted by Gasteiger charge is 2.29. The molecule has 0 aliphatic carbocycles. The molecule has 0 saturated carbocycles. The first-order valence-corrected chi connectivity index (χ1v) is 16.2. The third-order valence-corrected chi connectivity index (χ3v) is 8.11. The number of anilines is 1. The zero-order valence-corrected chi connectivity index (χ0v) is 27.9. The third kappa shape index (κ3) is 10.1.